The molecule has 2 aromatic rings. The topological polar surface area (TPSA) is 90.0 Å². The first-order valence-electron chi connectivity index (χ1n) is 6.45. The van der Waals surface area contributed by atoms with Crippen LogP contribution in [0.15, 0.2) is 29.4 Å². The van der Waals surface area contributed by atoms with Crippen molar-refractivity contribution in [2.24, 2.45) is 0 Å². The van der Waals surface area contributed by atoms with Crippen molar-refractivity contribution in [1.82, 2.24) is 9.55 Å². The highest BCUT2D eigenvalue weighted by atomic mass is 35.5. The molecule has 0 amide bonds. The lowest BCUT2D eigenvalue weighted by Gasteiger charge is -2.07. The van der Waals surface area contributed by atoms with Crippen LogP contribution in [0.5, 0.6) is 0 Å². The molecular formula is C13H17ClN4O2S. The van der Waals surface area contributed by atoms with Gasteiger partial charge in [0.1, 0.15) is 5.82 Å². The third-order valence-electron chi connectivity index (χ3n) is 2.94. The monoisotopic (exact) mass is 328 g/mol. The van der Waals surface area contributed by atoms with Crippen LogP contribution in [0.4, 0.5) is 11.4 Å². The van der Waals surface area contributed by atoms with E-state index < -0.39 is 10.0 Å². The van der Waals surface area contributed by atoms with Gasteiger partial charge in [0.25, 0.3) is 10.0 Å². The molecule has 0 fully saturated rings. The lowest BCUT2D eigenvalue weighted by Crippen LogP contribution is -2.13. The summed E-state index contributed by atoms with van der Waals surface area (Å²) in [5.74, 6) is 0.660. The molecule has 0 radical (unpaired) electrons. The standard InChI is InChI=1S/C13H17ClN4O2S/c1-3-6-18-8-13(16-9(18)2)21(19,20)17-10-4-5-11(14)12(15)7-10/h4-5,7-8,17H,3,6,15H2,1-2H3. The molecule has 0 aliphatic heterocycles. The Kier molecular flexibility index (Phi) is 4.43. The van der Waals surface area contributed by atoms with E-state index in [2.05, 4.69) is 9.71 Å². The van der Waals surface area contributed by atoms with Crippen molar-refractivity contribution in [3.8, 4) is 0 Å². The lowest BCUT2D eigenvalue weighted by molar-refractivity contribution is 0.597. The van der Waals surface area contributed by atoms with Gasteiger partial charge in [0.05, 0.1) is 16.4 Å². The third kappa shape index (κ3) is 3.48. The number of aromatic nitrogens is 2. The number of halogens is 1. The molecule has 0 atom stereocenters. The SMILES string of the molecule is CCCn1cc(S(=O)(=O)Nc2ccc(Cl)c(N)c2)nc1C. The zero-order valence-electron chi connectivity index (χ0n) is 11.8. The van der Waals surface area contributed by atoms with Crippen LogP contribution in [0.1, 0.15) is 19.2 Å². The minimum Gasteiger partial charge on any atom is -0.397 e. The second-order valence-corrected chi connectivity index (χ2v) is 6.70. The summed E-state index contributed by atoms with van der Waals surface area (Å²) in [5, 5.41) is 0.364. The van der Waals surface area contributed by atoms with Crippen LogP contribution in [0.25, 0.3) is 0 Å². The molecule has 21 heavy (non-hydrogen) atoms. The van der Waals surface area contributed by atoms with E-state index in [1.54, 1.807) is 13.0 Å². The van der Waals surface area contributed by atoms with Gasteiger partial charge in [-0.15, -0.1) is 0 Å². The molecule has 0 bridgehead atoms. The number of nitrogens with zero attached hydrogens (tertiary/aromatic N) is 2. The zero-order chi connectivity index (χ0) is 15.6. The summed E-state index contributed by atoms with van der Waals surface area (Å²) in [4.78, 5) is 4.09. The Bertz CT molecular complexity index is 756. The molecule has 0 unspecified atom stereocenters. The molecular weight excluding hydrogens is 312 g/mol. The number of nitrogens with two attached hydrogens (primary N) is 1. The van der Waals surface area contributed by atoms with Crippen molar-refractivity contribution in [1.29, 1.82) is 0 Å². The van der Waals surface area contributed by atoms with E-state index in [-0.39, 0.29) is 5.03 Å². The van der Waals surface area contributed by atoms with E-state index in [1.165, 1.54) is 18.3 Å². The smallest absolute Gasteiger partial charge is 0.280 e. The van der Waals surface area contributed by atoms with Gasteiger partial charge in [-0.3, -0.25) is 4.72 Å². The number of benzene rings is 1. The molecule has 6 nitrogen and oxygen atoms in total. The maximum absolute atomic E-state index is 12.3. The van der Waals surface area contributed by atoms with Gasteiger partial charge in [0, 0.05) is 12.7 Å². The Balaban J connectivity index is 2.29. The predicted molar refractivity (Wildman–Crippen MR) is 83.9 cm³/mol. The average molecular weight is 329 g/mol. The normalized spacial score (nSPS) is 11.6. The molecule has 0 saturated heterocycles. The van der Waals surface area contributed by atoms with Crippen LogP contribution in [-0.4, -0.2) is 18.0 Å². The highest BCUT2D eigenvalue weighted by molar-refractivity contribution is 7.92. The number of sulfonamides is 1. The van der Waals surface area contributed by atoms with Crippen LogP contribution in [0, 0.1) is 6.92 Å². The summed E-state index contributed by atoms with van der Waals surface area (Å²) >= 11 is 5.81. The Hall–Kier alpha value is -1.73. The Morgan fingerprint density at radius 2 is 2.14 bits per heavy atom. The largest absolute Gasteiger partial charge is 0.397 e. The van der Waals surface area contributed by atoms with E-state index in [0.717, 1.165) is 13.0 Å². The second-order valence-electron chi connectivity index (χ2n) is 4.66. The molecule has 0 spiro atoms. The molecule has 8 heteroatoms. The number of anilines is 2. The van der Waals surface area contributed by atoms with Crippen molar-refractivity contribution in [3.63, 3.8) is 0 Å². The highest BCUT2D eigenvalue weighted by Crippen LogP contribution is 2.24. The highest BCUT2D eigenvalue weighted by Gasteiger charge is 2.19. The maximum atomic E-state index is 12.3. The van der Waals surface area contributed by atoms with Gasteiger partial charge in [-0.05, 0) is 31.5 Å². The number of aryl methyl sites for hydroxylation is 2. The van der Waals surface area contributed by atoms with Crippen molar-refractivity contribution < 1.29 is 8.42 Å². The van der Waals surface area contributed by atoms with Gasteiger partial charge in [-0.2, -0.15) is 8.42 Å². The lowest BCUT2D eigenvalue weighted by atomic mass is 10.3. The summed E-state index contributed by atoms with van der Waals surface area (Å²) in [6, 6.07) is 4.55. The number of nitrogens with one attached hydrogen (secondary N) is 1. The van der Waals surface area contributed by atoms with Crippen molar-refractivity contribution in [2.45, 2.75) is 31.8 Å². The molecule has 3 N–H and O–H groups in total. The third-order valence-corrected chi connectivity index (χ3v) is 4.54. The van der Waals surface area contributed by atoms with E-state index in [9.17, 15) is 8.42 Å². The molecule has 1 heterocycles. The van der Waals surface area contributed by atoms with Crippen LogP contribution in [-0.2, 0) is 16.6 Å². The number of rotatable bonds is 5. The Morgan fingerprint density at radius 1 is 1.43 bits per heavy atom. The van der Waals surface area contributed by atoms with E-state index in [4.69, 9.17) is 17.3 Å². The van der Waals surface area contributed by atoms with Crippen LogP contribution in [0.2, 0.25) is 5.02 Å². The minimum atomic E-state index is -3.74. The van der Waals surface area contributed by atoms with E-state index in [0.29, 0.717) is 22.2 Å². The van der Waals surface area contributed by atoms with Gasteiger partial charge >= 0.3 is 0 Å². The summed E-state index contributed by atoms with van der Waals surface area (Å²) in [6.45, 7) is 4.51. The molecule has 1 aromatic carbocycles. The van der Waals surface area contributed by atoms with Gasteiger partial charge in [0.15, 0.2) is 5.03 Å². The Morgan fingerprint density at radius 3 is 2.76 bits per heavy atom. The fraction of sp³-hybridized carbons (Fsp3) is 0.308. The minimum absolute atomic E-state index is 0.0121. The van der Waals surface area contributed by atoms with Crippen LogP contribution in [0.3, 0.4) is 0 Å². The Labute approximate surface area is 129 Å². The number of hydrogen-bond donors (Lipinski definition) is 2. The molecule has 1 aromatic heterocycles. The van der Waals surface area contributed by atoms with E-state index >= 15 is 0 Å². The zero-order valence-corrected chi connectivity index (χ0v) is 13.4. The van der Waals surface area contributed by atoms with Gasteiger partial charge in [0.2, 0.25) is 0 Å². The molecule has 0 saturated carbocycles. The number of nitrogen functional groups attached to an aromatic ring is 1. The first-order chi connectivity index (χ1) is 9.83. The van der Waals surface area contributed by atoms with Crippen molar-refractivity contribution >= 4 is 33.0 Å². The van der Waals surface area contributed by atoms with Crippen LogP contribution < -0.4 is 10.5 Å². The maximum Gasteiger partial charge on any atom is 0.280 e. The second kappa shape index (κ2) is 5.95. The quantitative estimate of drug-likeness (QED) is 0.825. The number of imidazole rings is 1. The van der Waals surface area contributed by atoms with Crippen molar-refractivity contribution in [3.05, 3.63) is 35.2 Å². The molecule has 2 rings (SSSR count). The van der Waals surface area contributed by atoms with Gasteiger partial charge < -0.3 is 10.3 Å². The number of hydrogen-bond acceptors (Lipinski definition) is 4. The van der Waals surface area contributed by atoms with E-state index in [1.807, 2.05) is 11.5 Å². The molecule has 114 valence electrons. The van der Waals surface area contributed by atoms with Crippen molar-refractivity contribution in [2.75, 3.05) is 10.5 Å². The summed E-state index contributed by atoms with van der Waals surface area (Å²) in [7, 11) is -3.74. The van der Waals surface area contributed by atoms with Gasteiger partial charge in [-0.25, -0.2) is 4.98 Å². The summed E-state index contributed by atoms with van der Waals surface area (Å²) < 4.78 is 28.9. The van der Waals surface area contributed by atoms with Gasteiger partial charge in [-0.1, -0.05) is 18.5 Å². The summed E-state index contributed by atoms with van der Waals surface area (Å²) in [5.41, 5.74) is 6.32. The first kappa shape index (κ1) is 15.7. The fourth-order valence-corrected chi connectivity index (χ4v) is 3.07. The van der Waals surface area contributed by atoms with Crippen LogP contribution >= 0.6 is 11.6 Å². The molecule has 0 aliphatic carbocycles. The first-order valence-corrected chi connectivity index (χ1v) is 8.31. The fourth-order valence-electron chi connectivity index (χ4n) is 1.89. The summed E-state index contributed by atoms with van der Waals surface area (Å²) in [6.07, 6.45) is 2.43. The molecule has 0 aliphatic rings. The predicted octanol–water partition coefficient (Wildman–Crippen LogP) is 2.64. The average Bonchev–Trinajstić information content (AvgIpc) is 2.77.